The van der Waals surface area contributed by atoms with Gasteiger partial charge in [-0.1, -0.05) is 230 Å². The van der Waals surface area contributed by atoms with Crippen molar-refractivity contribution in [3.63, 3.8) is 0 Å². The standard InChI is InChI=1S/C51H92O5/c1-4-7-10-13-16-19-22-24-25-26-27-29-30-32-35-38-41-44-50(52)55-48-49(47-54-46-43-40-37-34-21-18-15-12-9-6-3)56-51(53)45-42-39-36-33-31-28-23-20-17-14-11-8-5-2/h8,11,17,20,28,31,36,39,49H,4-7,9-10,12-16,18-19,21-27,29-30,32-35,37-38,40-48H2,1-3H3/b11-8-,20-17-,31-28-,39-36-. The van der Waals surface area contributed by atoms with Crippen molar-refractivity contribution in [2.24, 2.45) is 0 Å². The Balaban J connectivity index is 4.26. The van der Waals surface area contributed by atoms with Crippen LogP contribution in [0, 0.1) is 0 Å². The van der Waals surface area contributed by atoms with E-state index >= 15 is 0 Å². The quantitative estimate of drug-likeness (QED) is 0.0350. The number of hydrogen-bond donors (Lipinski definition) is 0. The summed E-state index contributed by atoms with van der Waals surface area (Å²) in [5.41, 5.74) is 0. The number of ether oxygens (including phenoxy) is 3. The van der Waals surface area contributed by atoms with E-state index < -0.39 is 6.10 Å². The molecule has 0 N–H and O–H groups in total. The van der Waals surface area contributed by atoms with Crippen molar-refractivity contribution in [2.75, 3.05) is 19.8 Å². The minimum absolute atomic E-state index is 0.0610. The molecule has 0 saturated carbocycles. The number of rotatable bonds is 44. The molecule has 0 aliphatic rings. The summed E-state index contributed by atoms with van der Waals surface area (Å²) in [7, 11) is 0. The summed E-state index contributed by atoms with van der Waals surface area (Å²) in [5, 5.41) is 0. The molecular weight excluding hydrogens is 693 g/mol. The molecule has 0 heterocycles. The summed E-state index contributed by atoms with van der Waals surface area (Å²) in [6.07, 6.45) is 57.0. The van der Waals surface area contributed by atoms with Crippen LogP contribution in [0.4, 0.5) is 0 Å². The predicted octanol–water partition coefficient (Wildman–Crippen LogP) is 16.0. The maximum Gasteiger partial charge on any atom is 0.306 e. The van der Waals surface area contributed by atoms with E-state index in [0.29, 0.717) is 25.9 Å². The highest BCUT2D eigenvalue weighted by Crippen LogP contribution is 2.15. The molecule has 56 heavy (non-hydrogen) atoms. The Morgan fingerprint density at radius 2 is 0.804 bits per heavy atom. The zero-order valence-electron chi connectivity index (χ0n) is 37.4. The topological polar surface area (TPSA) is 61.8 Å². The number of hydrogen-bond acceptors (Lipinski definition) is 5. The molecule has 0 saturated heterocycles. The monoisotopic (exact) mass is 785 g/mol. The van der Waals surface area contributed by atoms with Crippen molar-refractivity contribution in [2.45, 2.75) is 245 Å². The number of esters is 2. The Morgan fingerprint density at radius 3 is 1.25 bits per heavy atom. The first kappa shape index (κ1) is 53.9. The lowest BCUT2D eigenvalue weighted by Gasteiger charge is -2.18. The molecule has 326 valence electrons. The van der Waals surface area contributed by atoms with Crippen molar-refractivity contribution < 1.29 is 23.8 Å². The first-order chi connectivity index (χ1) is 27.6. The maximum atomic E-state index is 12.7. The van der Waals surface area contributed by atoms with Crippen molar-refractivity contribution >= 4 is 11.9 Å². The van der Waals surface area contributed by atoms with Gasteiger partial charge in [-0.15, -0.1) is 0 Å². The first-order valence-electron chi connectivity index (χ1n) is 24.2. The molecule has 0 rings (SSSR count). The molecule has 0 aromatic carbocycles. The van der Waals surface area contributed by atoms with E-state index in [0.717, 1.165) is 51.4 Å². The molecule has 0 amide bonds. The lowest BCUT2D eigenvalue weighted by atomic mass is 10.0. The fourth-order valence-electron chi connectivity index (χ4n) is 6.82. The zero-order chi connectivity index (χ0) is 40.7. The molecule has 0 bridgehead atoms. The third-order valence-corrected chi connectivity index (χ3v) is 10.4. The Morgan fingerprint density at radius 1 is 0.411 bits per heavy atom. The maximum absolute atomic E-state index is 12.7. The first-order valence-corrected chi connectivity index (χ1v) is 24.2. The normalized spacial score (nSPS) is 12.6. The van der Waals surface area contributed by atoms with Crippen molar-refractivity contribution in [3.8, 4) is 0 Å². The molecule has 0 radical (unpaired) electrons. The average molecular weight is 785 g/mol. The van der Waals surface area contributed by atoms with Crippen LogP contribution in [-0.4, -0.2) is 37.9 Å². The van der Waals surface area contributed by atoms with Gasteiger partial charge >= 0.3 is 11.9 Å². The lowest BCUT2D eigenvalue weighted by Crippen LogP contribution is -2.30. The van der Waals surface area contributed by atoms with Gasteiger partial charge in [0.15, 0.2) is 6.10 Å². The molecule has 1 atom stereocenters. The number of carbonyl (C=O) groups is 2. The molecule has 5 heteroatoms. The summed E-state index contributed by atoms with van der Waals surface area (Å²) in [4.78, 5) is 25.2. The van der Waals surface area contributed by atoms with E-state index in [9.17, 15) is 9.59 Å². The third kappa shape index (κ3) is 44.6. The van der Waals surface area contributed by atoms with Crippen LogP contribution in [0.3, 0.4) is 0 Å². The van der Waals surface area contributed by atoms with Crippen LogP contribution in [0.2, 0.25) is 0 Å². The average Bonchev–Trinajstić information content (AvgIpc) is 3.20. The van der Waals surface area contributed by atoms with Gasteiger partial charge in [0, 0.05) is 19.4 Å². The summed E-state index contributed by atoms with van der Waals surface area (Å²) >= 11 is 0. The molecule has 0 aromatic heterocycles. The van der Waals surface area contributed by atoms with Crippen LogP contribution < -0.4 is 0 Å². The summed E-state index contributed by atoms with van der Waals surface area (Å²) in [6, 6.07) is 0. The second-order valence-electron chi connectivity index (χ2n) is 16.0. The molecule has 0 spiro atoms. The Bertz CT molecular complexity index is 935. The van der Waals surface area contributed by atoms with Gasteiger partial charge in [0.25, 0.3) is 0 Å². The summed E-state index contributed by atoms with van der Waals surface area (Å²) < 4.78 is 17.3. The Labute approximate surface area is 348 Å². The van der Waals surface area contributed by atoms with E-state index in [4.69, 9.17) is 14.2 Å². The molecule has 5 nitrogen and oxygen atoms in total. The van der Waals surface area contributed by atoms with Gasteiger partial charge in [0.2, 0.25) is 0 Å². The highest BCUT2D eigenvalue weighted by Gasteiger charge is 2.17. The van der Waals surface area contributed by atoms with E-state index in [1.165, 1.54) is 148 Å². The Hall–Kier alpha value is -2.14. The van der Waals surface area contributed by atoms with E-state index in [1.54, 1.807) is 0 Å². The predicted molar refractivity (Wildman–Crippen MR) is 242 cm³/mol. The number of carbonyl (C=O) groups excluding carboxylic acids is 2. The van der Waals surface area contributed by atoms with Crippen LogP contribution in [0.15, 0.2) is 48.6 Å². The van der Waals surface area contributed by atoms with Crippen molar-refractivity contribution in [1.82, 2.24) is 0 Å². The molecule has 0 aliphatic carbocycles. The smallest absolute Gasteiger partial charge is 0.306 e. The van der Waals surface area contributed by atoms with Crippen LogP contribution in [0.1, 0.15) is 239 Å². The van der Waals surface area contributed by atoms with Crippen LogP contribution in [0.5, 0.6) is 0 Å². The highest BCUT2D eigenvalue weighted by atomic mass is 16.6. The SMILES string of the molecule is CC/C=C\C/C=C\C/C=C\C/C=C\CCC(=O)OC(COCCCCCCCCCCCC)COC(=O)CCCCCCCCCCCCCCCCCCC. The van der Waals surface area contributed by atoms with Crippen LogP contribution >= 0.6 is 0 Å². The van der Waals surface area contributed by atoms with Crippen LogP contribution in [-0.2, 0) is 23.8 Å². The van der Waals surface area contributed by atoms with Gasteiger partial charge in [0.1, 0.15) is 6.61 Å². The van der Waals surface area contributed by atoms with Crippen LogP contribution in [0.25, 0.3) is 0 Å². The summed E-state index contributed by atoms with van der Waals surface area (Å²) in [6.45, 7) is 7.66. The Kier molecular flexibility index (Phi) is 45.4. The molecule has 1 unspecified atom stereocenters. The zero-order valence-corrected chi connectivity index (χ0v) is 37.4. The fourth-order valence-corrected chi connectivity index (χ4v) is 6.82. The largest absolute Gasteiger partial charge is 0.462 e. The third-order valence-electron chi connectivity index (χ3n) is 10.4. The van der Waals surface area contributed by atoms with Gasteiger partial charge in [0.05, 0.1) is 6.61 Å². The summed E-state index contributed by atoms with van der Waals surface area (Å²) in [5.74, 6) is -0.481. The number of unbranched alkanes of at least 4 members (excludes halogenated alkanes) is 25. The number of allylic oxidation sites excluding steroid dienone is 8. The molecule has 0 aliphatic heterocycles. The minimum Gasteiger partial charge on any atom is -0.462 e. The van der Waals surface area contributed by atoms with E-state index in [-0.39, 0.29) is 25.2 Å². The van der Waals surface area contributed by atoms with E-state index in [2.05, 4.69) is 63.3 Å². The van der Waals surface area contributed by atoms with Gasteiger partial charge in [-0.2, -0.15) is 0 Å². The fraction of sp³-hybridized carbons (Fsp3) is 0.804. The molecule has 0 fully saturated rings. The van der Waals surface area contributed by atoms with Gasteiger partial charge in [-0.25, -0.2) is 0 Å². The van der Waals surface area contributed by atoms with Gasteiger partial charge in [-0.05, 0) is 44.9 Å². The highest BCUT2D eigenvalue weighted by molar-refractivity contribution is 5.70. The second-order valence-corrected chi connectivity index (χ2v) is 16.0. The van der Waals surface area contributed by atoms with E-state index in [1.807, 2.05) is 6.08 Å². The second kappa shape index (κ2) is 47.2. The van der Waals surface area contributed by atoms with Gasteiger partial charge < -0.3 is 14.2 Å². The lowest BCUT2D eigenvalue weighted by molar-refractivity contribution is -0.162. The molecular formula is C51H92O5. The van der Waals surface area contributed by atoms with Crippen molar-refractivity contribution in [1.29, 1.82) is 0 Å². The molecule has 0 aromatic rings. The van der Waals surface area contributed by atoms with Gasteiger partial charge in [-0.3, -0.25) is 9.59 Å². The minimum atomic E-state index is -0.567. The van der Waals surface area contributed by atoms with Crippen molar-refractivity contribution in [3.05, 3.63) is 48.6 Å².